The van der Waals surface area contributed by atoms with Crippen molar-refractivity contribution < 1.29 is 14.2 Å². The lowest BCUT2D eigenvalue weighted by Gasteiger charge is -2.30. The van der Waals surface area contributed by atoms with Crippen molar-refractivity contribution >= 4 is 24.6 Å². The number of carbonyl (C=O) groups is 1. The highest BCUT2D eigenvalue weighted by molar-refractivity contribution is 8.09. The van der Waals surface area contributed by atoms with E-state index in [1.54, 1.807) is 0 Å². The van der Waals surface area contributed by atoms with Gasteiger partial charge in [-0.15, -0.1) is 0 Å². The lowest BCUT2D eigenvalue weighted by Crippen LogP contribution is -2.22. The Bertz CT molecular complexity index is 259. The first-order chi connectivity index (χ1) is 6.95. The molecular weight excluding hydrogens is 231 g/mol. The molecule has 0 bridgehead atoms. The van der Waals surface area contributed by atoms with Crippen LogP contribution in [0.1, 0.15) is 39.5 Å². The Balaban J connectivity index is 2.42. The van der Waals surface area contributed by atoms with E-state index in [-0.39, 0.29) is 17.7 Å². The molecule has 0 aliphatic heterocycles. The van der Waals surface area contributed by atoms with Gasteiger partial charge in [0.15, 0.2) is 6.49 Å². The smallest absolute Gasteiger partial charge is 0.188 e. The Kier molecular flexibility index (Phi) is 4.91. The van der Waals surface area contributed by atoms with Crippen molar-refractivity contribution in [2.24, 2.45) is 5.92 Å². The van der Waals surface area contributed by atoms with E-state index < -0.39 is 6.49 Å². The first kappa shape index (κ1) is 13.3. The largest absolute Gasteiger partial charge is 0.345 e. The normalized spacial score (nSPS) is 31.2. The zero-order chi connectivity index (χ0) is 11.5. The Morgan fingerprint density at radius 2 is 1.93 bits per heavy atom. The molecule has 1 rings (SSSR count). The Morgan fingerprint density at radius 1 is 1.40 bits per heavy atom. The van der Waals surface area contributed by atoms with Crippen molar-refractivity contribution in [2.75, 3.05) is 0 Å². The quantitative estimate of drug-likeness (QED) is 0.615. The van der Waals surface area contributed by atoms with Gasteiger partial charge in [-0.25, -0.2) is 0 Å². The summed E-state index contributed by atoms with van der Waals surface area (Å²) < 4.78 is 5.60. The molecule has 0 spiro atoms. The summed E-state index contributed by atoms with van der Waals surface area (Å²) in [6.07, 6.45) is 4.49. The van der Waals surface area contributed by atoms with Crippen molar-refractivity contribution in [1.82, 2.24) is 0 Å². The molecule has 0 saturated heterocycles. The lowest BCUT2D eigenvalue weighted by molar-refractivity contribution is -0.112. The van der Waals surface area contributed by atoms with E-state index in [0.29, 0.717) is 0 Å². The fourth-order valence-electron chi connectivity index (χ4n) is 1.67. The monoisotopic (exact) mass is 250 g/mol. The summed E-state index contributed by atoms with van der Waals surface area (Å²) in [6, 6.07) is 0. The van der Waals surface area contributed by atoms with Crippen LogP contribution in [-0.4, -0.2) is 22.9 Å². The molecule has 1 atom stereocenters. The number of carbonyl (C=O) groups excluding carboxylic acids is 1. The highest BCUT2D eigenvalue weighted by Crippen LogP contribution is 2.50. The van der Waals surface area contributed by atoms with Crippen LogP contribution in [0.2, 0.25) is 0 Å². The van der Waals surface area contributed by atoms with Gasteiger partial charge in [-0.05, 0) is 37.5 Å². The maximum absolute atomic E-state index is 10.6. The average molecular weight is 250 g/mol. The van der Waals surface area contributed by atoms with Gasteiger partial charge < -0.3 is 14.2 Å². The molecule has 0 aromatic rings. The van der Waals surface area contributed by atoms with Crippen LogP contribution < -0.4 is 0 Å². The third-order valence-corrected chi connectivity index (χ3v) is 6.29. The fourth-order valence-corrected chi connectivity index (χ4v) is 2.91. The second-order valence-electron chi connectivity index (χ2n) is 4.44. The third-order valence-electron chi connectivity index (χ3n) is 2.86. The van der Waals surface area contributed by atoms with Crippen molar-refractivity contribution in [1.29, 1.82) is 0 Å². The number of rotatable bonds is 4. The van der Waals surface area contributed by atoms with Gasteiger partial charge in [0.25, 0.3) is 0 Å². The average Bonchev–Trinajstić information content (AvgIpc) is 2.18. The summed E-state index contributed by atoms with van der Waals surface area (Å²) in [5, 5.41) is 0. The summed E-state index contributed by atoms with van der Waals surface area (Å²) in [7, 11) is 0. The molecular formula is C10H19O3PS. The third kappa shape index (κ3) is 3.95. The van der Waals surface area contributed by atoms with Gasteiger partial charge in [-0.2, -0.15) is 0 Å². The van der Waals surface area contributed by atoms with Gasteiger partial charge in [0.05, 0.1) is 6.10 Å². The minimum absolute atomic E-state index is 0.0105. The SMILES string of the molecule is CC(C)P(O)(=S)OC1CCC(C=O)CC1. The van der Waals surface area contributed by atoms with Gasteiger partial charge >= 0.3 is 0 Å². The lowest BCUT2D eigenvalue weighted by atomic mass is 9.89. The fraction of sp³-hybridized carbons (Fsp3) is 0.900. The van der Waals surface area contributed by atoms with E-state index in [9.17, 15) is 9.69 Å². The minimum atomic E-state index is -2.62. The molecule has 3 nitrogen and oxygen atoms in total. The number of hydrogen-bond donors (Lipinski definition) is 1. The van der Waals surface area contributed by atoms with Crippen LogP contribution in [0.5, 0.6) is 0 Å². The van der Waals surface area contributed by atoms with E-state index >= 15 is 0 Å². The second kappa shape index (κ2) is 5.53. The van der Waals surface area contributed by atoms with Gasteiger partial charge in [0.1, 0.15) is 6.29 Å². The molecule has 1 unspecified atom stereocenters. The topological polar surface area (TPSA) is 46.5 Å². The van der Waals surface area contributed by atoms with E-state index in [4.69, 9.17) is 16.3 Å². The van der Waals surface area contributed by atoms with Crippen molar-refractivity contribution in [3.63, 3.8) is 0 Å². The van der Waals surface area contributed by atoms with Gasteiger partial charge in [-0.3, -0.25) is 0 Å². The van der Waals surface area contributed by atoms with Crippen molar-refractivity contribution in [3.8, 4) is 0 Å². The van der Waals surface area contributed by atoms with Gasteiger partial charge in [-0.1, -0.05) is 13.8 Å². The molecule has 0 aromatic carbocycles. The van der Waals surface area contributed by atoms with Crippen molar-refractivity contribution in [3.05, 3.63) is 0 Å². The van der Waals surface area contributed by atoms with Gasteiger partial charge in [0, 0.05) is 11.6 Å². The molecule has 1 fully saturated rings. The molecule has 1 aliphatic carbocycles. The van der Waals surface area contributed by atoms with Crippen LogP contribution in [0.3, 0.4) is 0 Å². The molecule has 1 N–H and O–H groups in total. The van der Waals surface area contributed by atoms with Crippen LogP contribution in [-0.2, 0) is 21.1 Å². The van der Waals surface area contributed by atoms with E-state index in [0.717, 1.165) is 32.0 Å². The highest BCUT2D eigenvalue weighted by Gasteiger charge is 2.27. The van der Waals surface area contributed by atoms with E-state index in [1.165, 1.54) is 0 Å². The van der Waals surface area contributed by atoms with Crippen LogP contribution in [0.25, 0.3) is 0 Å². The predicted molar refractivity (Wildman–Crippen MR) is 64.5 cm³/mol. The Hall–Kier alpha value is 0.240. The van der Waals surface area contributed by atoms with Crippen molar-refractivity contribution in [2.45, 2.75) is 51.3 Å². The number of hydrogen-bond acceptors (Lipinski definition) is 3. The minimum Gasteiger partial charge on any atom is -0.345 e. The molecule has 5 heteroatoms. The molecule has 0 radical (unpaired) electrons. The molecule has 15 heavy (non-hydrogen) atoms. The summed E-state index contributed by atoms with van der Waals surface area (Å²) in [6.45, 7) is 1.16. The Labute approximate surface area is 96.4 Å². The second-order valence-corrected chi connectivity index (χ2v) is 8.38. The molecule has 0 amide bonds. The first-order valence-corrected chi connectivity index (χ1v) is 8.16. The molecule has 1 aliphatic rings. The van der Waals surface area contributed by atoms with Gasteiger partial charge in [0.2, 0.25) is 0 Å². The maximum Gasteiger partial charge on any atom is 0.188 e. The van der Waals surface area contributed by atoms with Crippen LogP contribution in [0.15, 0.2) is 0 Å². The summed E-state index contributed by atoms with van der Waals surface area (Å²) >= 11 is 5.08. The summed E-state index contributed by atoms with van der Waals surface area (Å²) in [5.74, 6) is 0.181. The Morgan fingerprint density at radius 3 is 2.33 bits per heavy atom. The van der Waals surface area contributed by atoms with Crippen LogP contribution >= 0.6 is 6.49 Å². The zero-order valence-corrected chi connectivity index (χ0v) is 11.0. The van der Waals surface area contributed by atoms with E-state index in [1.807, 2.05) is 13.8 Å². The van der Waals surface area contributed by atoms with Crippen LogP contribution in [0, 0.1) is 5.92 Å². The molecule has 1 saturated carbocycles. The first-order valence-electron chi connectivity index (χ1n) is 5.42. The summed E-state index contributed by atoms with van der Waals surface area (Å²) in [4.78, 5) is 20.5. The number of aldehydes is 1. The zero-order valence-electron chi connectivity index (χ0n) is 9.26. The predicted octanol–water partition coefficient (Wildman–Crippen LogP) is 2.47. The standard InChI is InChI=1S/C10H19O3PS/c1-8(2)14(12,15)13-10-5-3-9(7-11)4-6-10/h7-10H,3-6H2,1-2H3,(H,12,15). The molecule has 88 valence electrons. The summed E-state index contributed by atoms with van der Waals surface area (Å²) in [5.41, 5.74) is 0.0105. The van der Waals surface area contributed by atoms with E-state index in [2.05, 4.69) is 0 Å². The van der Waals surface area contributed by atoms with Crippen LogP contribution in [0.4, 0.5) is 0 Å². The highest BCUT2D eigenvalue weighted by atomic mass is 32.5. The molecule has 0 aromatic heterocycles. The maximum atomic E-state index is 10.6. The molecule has 0 heterocycles.